The number of pyridine rings is 6. The highest BCUT2D eigenvalue weighted by Crippen LogP contribution is 2.39. The van der Waals surface area contributed by atoms with Gasteiger partial charge < -0.3 is 63.7 Å². The fourth-order valence-electron chi connectivity index (χ4n) is 11.2. The van der Waals surface area contributed by atoms with Crippen molar-refractivity contribution in [1.82, 2.24) is 49.7 Å². The number of nitrogens with one attached hydrogen (secondary N) is 4. The Balaban J connectivity index is 0.000000194. The van der Waals surface area contributed by atoms with Crippen molar-refractivity contribution in [2.24, 2.45) is 0 Å². The number of rotatable bonds is 16. The SMILES string of the molecule is CC1(C)OB(C2=CCCN([B]C=O)C2)OC1(C)C.COc1ncc(Br)cc1C.COc1ncc(C2=CCCN([B]C=O)C2)cc1C.COc1ncc(C2CCCNC2)cc1C.C[C@@H](Br)C(=O)Nc1ccc(Cl)cn1.Cc1cc([C@@H]2CCCN([C@@H](C)C(=O)Nc3ccc(Cl)cn3)C2)c[nH]c1=O. The normalized spacial score (nSPS) is 18.4. The topological polar surface area (TPSA) is 258 Å². The van der Waals surface area contributed by atoms with Crippen LogP contribution in [0.4, 0.5) is 11.6 Å². The zero-order chi connectivity index (χ0) is 73.1. The Labute approximate surface area is 617 Å². The van der Waals surface area contributed by atoms with E-state index in [1.165, 1.54) is 36.4 Å². The predicted molar refractivity (Wildman–Crippen MR) is 408 cm³/mol. The molecule has 3 fully saturated rings. The van der Waals surface area contributed by atoms with Gasteiger partial charge in [-0.2, -0.15) is 0 Å². The third kappa shape index (κ3) is 25.7. The number of aryl methyl sites for hydroxylation is 4. The number of methoxy groups -OCH3 is 3. The fraction of sp³-hybridized carbons (Fsp3) is 0.465. The third-order valence-electron chi connectivity index (χ3n) is 17.6. The summed E-state index contributed by atoms with van der Waals surface area (Å²) in [7, 11) is 7.78. The monoisotopic (exact) mass is 1530 g/mol. The summed E-state index contributed by atoms with van der Waals surface area (Å²) < 4.78 is 28.3. The maximum Gasteiger partial charge on any atom is 0.491 e. The van der Waals surface area contributed by atoms with Crippen LogP contribution in [-0.2, 0) is 28.5 Å². The number of nitrogens with zero attached hydrogens (tertiary/aromatic N) is 8. The van der Waals surface area contributed by atoms with Gasteiger partial charge in [0.05, 0.1) is 65.8 Å². The van der Waals surface area contributed by atoms with Gasteiger partial charge in [0, 0.05) is 90.1 Å². The number of amides is 2. The maximum atomic E-state index is 12.6. The lowest BCUT2D eigenvalue weighted by atomic mass is 9.74. The first-order valence-electron chi connectivity index (χ1n) is 33.3. The summed E-state index contributed by atoms with van der Waals surface area (Å²) in [5.74, 6) is 3.79. The molecule has 2 amide bonds. The van der Waals surface area contributed by atoms with Crippen molar-refractivity contribution in [3.63, 3.8) is 0 Å². The molecule has 0 aliphatic carbocycles. The van der Waals surface area contributed by atoms with Crippen LogP contribution in [-0.4, -0.2) is 186 Å². The van der Waals surface area contributed by atoms with E-state index in [9.17, 15) is 24.0 Å². The molecule has 22 nitrogen and oxygen atoms in total. The Bertz CT molecular complexity index is 3750. The number of aromatic amines is 1. The van der Waals surface area contributed by atoms with Crippen LogP contribution in [0.15, 0.2) is 113 Å². The minimum atomic E-state index is -0.310. The van der Waals surface area contributed by atoms with Crippen LogP contribution >= 0.6 is 55.1 Å². The number of halogens is 4. The zero-order valence-corrected chi connectivity index (χ0v) is 64.2. The molecule has 6 aromatic heterocycles. The molecule has 534 valence electrons. The summed E-state index contributed by atoms with van der Waals surface area (Å²) in [5, 5.41) is 9.95. The predicted octanol–water partition coefficient (Wildman–Crippen LogP) is 11.8. The van der Waals surface area contributed by atoms with E-state index in [4.69, 9.17) is 46.7 Å². The summed E-state index contributed by atoms with van der Waals surface area (Å²) in [4.78, 5) is 85.8. The molecule has 4 atom stereocenters. The molecule has 0 bridgehead atoms. The van der Waals surface area contributed by atoms with Crippen molar-refractivity contribution in [2.45, 2.75) is 142 Å². The molecule has 11 heterocycles. The van der Waals surface area contributed by atoms with Crippen LogP contribution in [0.25, 0.3) is 5.57 Å². The van der Waals surface area contributed by atoms with E-state index < -0.39 is 0 Å². The van der Waals surface area contributed by atoms with E-state index in [1.807, 2.05) is 96.5 Å². The molecule has 0 spiro atoms. The van der Waals surface area contributed by atoms with Gasteiger partial charge in [-0.3, -0.25) is 19.3 Å². The number of alkyl halides is 1. The van der Waals surface area contributed by atoms with Crippen LogP contribution in [0.3, 0.4) is 0 Å². The number of ether oxygens (including phenoxy) is 3. The van der Waals surface area contributed by atoms with Gasteiger partial charge in [-0.25, -0.2) is 24.9 Å². The van der Waals surface area contributed by atoms with Crippen molar-refractivity contribution in [1.29, 1.82) is 0 Å². The molecule has 0 aromatic carbocycles. The van der Waals surface area contributed by atoms with Crippen molar-refractivity contribution in [3.8, 4) is 17.6 Å². The second kappa shape index (κ2) is 40.9. The minimum absolute atomic E-state index is 0.0513. The van der Waals surface area contributed by atoms with Crippen LogP contribution in [0.1, 0.15) is 131 Å². The van der Waals surface area contributed by atoms with Gasteiger partial charge in [0.25, 0.3) is 20.4 Å². The summed E-state index contributed by atoms with van der Waals surface area (Å²) in [6, 6.07) is 14.6. The number of H-pyrrole nitrogens is 1. The Hall–Kier alpha value is -6.65. The number of carbonyl (C=O) groups excluding carboxylic acids is 4. The molecule has 11 rings (SSSR count). The average molecular weight is 1540 g/mol. The second-order valence-corrected chi connectivity index (χ2v) is 28.8. The lowest BCUT2D eigenvalue weighted by molar-refractivity contribution is -0.121. The summed E-state index contributed by atoms with van der Waals surface area (Å²) in [5.41, 5.74) is 9.10. The lowest BCUT2D eigenvalue weighted by Crippen LogP contribution is -2.46. The van der Waals surface area contributed by atoms with E-state index in [2.05, 4.69) is 107 Å². The van der Waals surface area contributed by atoms with E-state index in [0.717, 1.165) is 133 Å². The molecule has 3 saturated heterocycles. The molecule has 5 aliphatic rings. The van der Waals surface area contributed by atoms with E-state index in [1.54, 1.807) is 79.7 Å². The van der Waals surface area contributed by atoms with Gasteiger partial charge >= 0.3 is 7.12 Å². The zero-order valence-electron chi connectivity index (χ0n) is 59.5. The molecule has 2 radical (unpaired) electrons. The molecular formula is C71H93B3Br2Cl2N12O10. The number of hydrogen-bond acceptors (Lipinski definition) is 19. The van der Waals surface area contributed by atoms with Crippen molar-refractivity contribution < 1.29 is 42.7 Å². The standard InChI is InChI=1S/C19H23ClN4O2.C13H16BN2O2.C12H20B2NO3.C12H18N2O.C8H8BrClN2O.C7H8BrNO/c1-12-8-15(9-22-18(12)25)14-4-3-7-24(11-14)13(2)19(26)23-17-6-5-16(20)10-21-17;1-10-6-12(7-15-13(10)18-2)11-4-3-5-16(8-11)14-9-17;1-11(2)12(3,4)18-14(17-11)10-6-5-7-15(8-10)13-9-16;1-9-6-11(8-14-12(9)15-2)10-4-3-5-13-7-10;1-5(9)8(13)12-7-3-2-6(10)4-11-7;1-5-3-6(8)4-9-7(5)10-2/h5-6,8-10,13-14H,3-4,7,11H2,1-2H3,(H,22,25)(H,21,23,26);4,6-7,9H,3,5,8H2,1-2H3;6,9H,5,7-8H2,1-4H3;6,8,10,13H,3-5,7H2,1-2H3;2-5H,1H3,(H,11,12,13);3-4H,1-2H3/t13-,14+;;;;5-;/m0...1./s1. The number of likely N-dealkylation sites (tertiary alicyclic amines) is 1. The Kier molecular flexibility index (Phi) is 33.6. The van der Waals surface area contributed by atoms with Crippen molar-refractivity contribution in [2.75, 3.05) is 84.3 Å². The highest BCUT2D eigenvalue weighted by Gasteiger charge is 2.52. The molecular weight excluding hydrogens is 1440 g/mol. The van der Waals surface area contributed by atoms with Crippen LogP contribution < -0.4 is 35.7 Å². The van der Waals surface area contributed by atoms with Gasteiger partial charge in [-0.05, 0) is 238 Å². The van der Waals surface area contributed by atoms with Crippen LogP contribution in [0.5, 0.6) is 17.6 Å². The van der Waals surface area contributed by atoms with Gasteiger partial charge in [0.2, 0.25) is 29.5 Å². The number of anilines is 2. The van der Waals surface area contributed by atoms with Gasteiger partial charge in [-0.1, -0.05) is 51.3 Å². The van der Waals surface area contributed by atoms with Crippen LogP contribution in [0.2, 0.25) is 10.0 Å². The third-order valence-corrected chi connectivity index (χ3v) is 18.9. The molecule has 1 unspecified atom stereocenters. The summed E-state index contributed by atoms with van der Waals surface area (Å²) in [6.45, 7) is 26.8. The molecule has 4 N–H and O–H groups in total. The van der Waals surface area contributed by atoms with Gasteiger partial charge in [0.1, 0.15) is 11.6 Å². The highest BCUT2D eigenvalue weighted by atomic mass is 79.9. The Morgan fingerprint density at radius 1 is 0.690 bits per heavy atom. The van der Waals surface area contributed by atoms with Crippen LogP contribution in [0, 0.1) is 27.7 Å². The smallest absolute Gasteiger partial charge is 0.481 e. The van der Waals surface area contributed by atoms with Gasteiger partial charge in [0.15, 0.2) is 0 Å². The quantitative estimate of drug-likeness (QED) is 0.0399. The number of piperidine rings is 2. The summed E-state index contributed by atoms with van der Waals surface area (Å²) in [6.07, 6.45) is 22.8. The fourth-order valence-corrected chi connectivity index (χ4v) is 12.0. The maximum absolute atomic E-state index is 12.6. The second-order valence-electron chi connectivity index (χ2n) is 25.6. The van der Waals surface area contributed by atoms with Gasteiger partial charge in [-0.15, -0.1) is 0 Å². The van der Waals surface area contributed by atoms with E-state index >= 15 is 0 Å². The lowest BCUT2D eigenvalue weighted by Gasteiger charge is -2.36. The average Bonchev–Trinajstić information content (AvgIpc) is 1.62. The minimum Gasteiger partial charge on any atom is -0.481 e. The Morgan fingerprint density at radius 3 is 1.75 bits per heavy atom. The molecule has 5 aliphatic heterocycles. The van der Waals surface area contributed by atoms with Crippen molar-refractivity contribution in [3.05, 3.63) is 167 Å². The number of aromatic nitrogens is 6. The molecule has 0 saturated carbocycles. The first kappa shape index (κ1) is 82.3. The van der Waals surface area contributed by atoms with Crippen molar-refractivity contribution >= 4 is 118 Å². The van der Waals surface area contributed by atoms with E-state index in [0.29, 0.717) is 51.8 Å². The highest BCUT2D eigenvalue weighted by molar-refractivity contribution is 9.10. The first-order chi connectivity index (χ1) is 47.7. The molecule has 29 heteroatoms. The number of carbonyl (C=O) groups is 4. The van der Waals surface area contributed by atoms with E-state index in [-0.39, 0.29) is 46.6 Å². The molecule has 6 aromatic rings. The molecule has 100 heavy (non-hydrogen) atoms. The number of hydrogen-bond donors (Lipinski definition) is 4. The largest absolute Gasteiger partial charge is 0.491 e. The first-order valence-corrected chi connectivity index (χ1v) is 35.7. The summed E-state index contributed by atoms with van der Waals surface area (Å²) >= 11 is 17.9. The Morgan fingerprint density at radius 2 is 1.23 bits per heavy atom.